The quantitative estimate of drug-likeness (QED) is 0.397. The Morgan fingerprint density at radius 3 is 1.92 bits per heavy atom. The number of esters is 2. The smallest absolute Gasteiger partial charge is 0.306 e. The lowest BCUT2D eigenvalue weighted by atomic mass is 9.98. The van der Waals surface area contributed by atoms with Gasteiger partial charge in [-0.1, -0.05) is 60.7 Å². The van der Waals surface area contributed by atoms with Gasteiger partial charge in [-0.2, -0.15) is 0 Å². The van der Waals surface area contributed by atoms with Crippen LogP contribution in [0.1, 0.15) is 36.8 Å². The van der Waals surface area contributed by atoms with Gasteiger partial charge in [0.15, 0.2) is 12.4 Å². The fraction of sp³-hybridized carbons (Fsp3) is 0.517. The van der Waals surface area contributed by atoms with E-state index < -0.39 is 36.7 Å². The first-order valence-electron chi connectivity index (χ1n) is 13.1. The number of fused-ring (bicyclic) bond motifs is 2. The number of hydrogen-bond acceptors (Lipinski definition) is 9. The Morgan fingerprint density at radius 2 is 1.32 bits per heavy atom. The first-order valence-corrected chi connectivity index (χ1v) is 13.1. The molecule has 0 amide bonds. The Hall–Kier alpha value is -2.82. The van der Waals surface area contributed by atoms with Gasteiger partial charge in [0.1, 0.15) is 24.9 Å². The maximum Gasteiger partial charge on any atom is 0.306 e. The molecule has 2 unspecified atom stereocenters. The summed E-state index contributed by atoms with van der Waals surface area (Å²) in [6.07, 6.45) is -2.54. The minimum absolute atomic E-state index is 0.0229. The number of hydrogen-bond donors (Lipinski definition) is 0. The van der Waals surface area contributed by atoms with Crippen molar-refractivity contribution in [2.45, 2.75) is 81.8 Å². The summed E-state index contributed by atoms with van der Waals surface area (Å²) in [5.74, 6) is -0.750. The fourth-order valence-corrected chi connectivity index (χ4v) is 4.91. The van der Waals surface area contributed by atoms with Gasteiger partial charge in [0, 0.05) is 20.0 Å². The van der Waals surface area contributed by atoms with Crippen molar-refractivity contribution in [3.05, 3.63) is 71.8 Å². The number of ether oxygens (including phenoxy) is 7. The number of methoxy groups -OCH3 is 1. The molecule has 0 saturated carbocycles. The SMILES string of the molecule is CO[C@H]1O[C@@H]2COC(=O)CCC3OC3CCC(=O)O[C@H]2[C@H](OCc2ccccc2)[C@H]1OCc1ccccc1. The minimum Gasteiger partial charge on any atom is -0.463 e. The fourth-order valence-electron chi connectivity index (χ4n) is 4.91. The summed E-state index contributed by atoms with van der Waals surface area (Å²) < 4.78 is 41.6. The molecule has 5 rings (SSSR count). The van der Waals surface area contributed by atoms with Crippen molar-refractivity contribution in [2.24, 2.45) is 0 Å². The second-order valence-corrected chi connectivity index (χ2v) is 9.73. The molecule has 9 heteroatoms. The monoisotopic (exact) mass is 526 g/mol. The van der Waals surface area contributed by atoms with E-state index in [0.717, 1.165) is 11.1 Å². The lowest BCUT2D eigenvalue weighted by molar-refractivity contribution is -0.316. The van der Waals surface area contributed by atoms with Gasteiger partial charge in [0.25, 0.3) is 0 Å². The third-order valence-corrected chi connectivity index (χ3v) is 7.02. The first-order chi connectivity index (χ1) is 18.6. The predicted molar refractivity (Wildman–Crippen MR) is 134 cm³/mol. The van der Waals surface area contributed by atoms with Crippen LogP contribution in [0.25, 0.3) is 0 Å². The van der Waals surface area contributed by atoms with Crippen LogP contribution in [0.15, 0.2) is 60.7 Å². The van der Waals surface area contributed by atoms with Crippen LogP contribution in [0.2, 0.25) is 0 Å². The van der Waals surface area contributed by atoms with Crippen molar-refractivity contribution in [1.82, 2.24) is 0 Å². The molecule has 3 aliphatic heterocycles. The number of carbonyl (C=O) groups excluding carboxylic acids is 2. The molecule has 0 aromatic heterocycles. The van der Waals surface area contributed by atoms with Crippen LogP contribution in [0.5, 0.6) is 0 Å². The highest BCUT2D eigenvalue weighted by Gasteiger charge is 2.51. The number of cyclic esters (lactones) is 1. The van der Waals surface area contributed by atoms with E-state index in [1.54, 1.807) is 0 Å². The molecule has 7 atom stereocenters. The normalized spacial score (nSPS) is 31.9. The molecule has 0 bridgehead atoms. The highest BCUT2D eigenvalue weighted by atomic mass is 16.7. The molecule has 0 radical (unpaired) electrons. The Balaban J connectivity index is 1.40. The topological polar surface area (TPSA) is 102 Å². The summed E-state index contributed by atoms with van der Waals surface area (Å²) in [5, 5.41) is 0. The minimum atomic E-state index is -0.886. The summed E-state index contributed by atoms with van der Waals surface area (Å²) in [7, 11) is 1.52. The molecule has 0 N–H and O–H groups in total. The maximum atomic E-state index is 13.0. The van der Waals surface area contributed by atoms with Crippen LogP contribution < -0.4 is 0 Å². The molecule has 3 fully saturated rings. The van der Waals surface area contributed by atoms with E-state index in [1.807, 2.05) is 60.7 Å². The van der Waals surface area contributed by atoms with Crippen molar-refractivity contribution in [2.75, 3.05) is 13.7 Å². The van der Waals surface area contributed by atoms with Gasteiger partial charge >= 0.3 is 11.9 Å². The van der Waals surface area contributed by atoms with Gasteiger partial charge in [0.2, 0.25) is 0 Å². The predicted octanol–water partition coefficient (Wildman–Crippen LogP) is 3.32. The van der Waals surface area contributed by atoms with Crippen LogP contribution >= 0.6 is 0 Å². The molecule has 3 aliphatic rings. The van der Waals surface area contributed by atoms with Gasteiger partial charge in [-0.05, 0) is 24.0 Å². The number of benzene rings is 2. The van der Waals surface area contributed by atoms with Gasteiger partial charge < -0.3 is 33.2 Å². The highest BCUT2D eigenvalue weighted by molar-refractivity contribution is 5.70. The van der Waals surface area contributed by atoms with E-state index >= 15 is 0 Å². The Morgan fingerprint density at radius 1 is 0.737 bits per heavy atom. The zero-order chi connectivity index (χ0) is 26.3. The molecule has 38 heavy (non-hydrogen) atoms. The zero-order valence-corrected chi connectivity index (χ0v) is 21.4. The summed E-state index contributed by atoms with van der Waals surface area (Å²) in [6.45, 7) is 0.425. The average molecular weight is 527 g/mol. The van der Waals surface area contributed by atoms with Crippen molar-refractivity contribution in [1.29, 1.82) is 0 Å². The molecule has 3 saturated heterocycles. The van der Waals surface area contributed by atoms with E-state index in [9.17, 15) is 9.59 Å². The van der Waals surface area contributed by atoms with E-state index in [1.165, 1.54) is 7.11 Å². The molecule has 2 aromatic rings. The van der Waals surface area contributed by atoms with Crippen molar-refractivity contribution < 1.29 is 42.7 Å². The van der Waals surface area contributed by atoms with E-state index in [4.69, 9.17) is 33.2 Å². The number of epoxide rings is 1. The molecular weight excluding hydrogens is 492 g/mol. The number of carbonyl (C=O) groups is 2. The second kappa shape index (κ2) is 12.8. The highest BCUT2D eigenvalue weighted by Crippen LogP contribution is 2.33. The van der Waals surface area contributed by atoms with E-state index in [0.29, 0.717) is 12.8 Å². The molecule has 3 heterocycles. The van der Waals surface area contributed by atoms with Crippen molar-refractivity contribution in [3.63, 3.8) is 0 Å². The average Bonchev–Trinajstić information content (AvgIpc) is 3.71. The second-order valence-electron chi connectivity index (χ2n) is 9.73. The van der Waals surface area contributed by atoms with Gasteiger partial charge in [0.05, 0.1) is 25.4 Å². The van der Waals surface area contributed by atoms with Crippen LogP contribution in [0.3, 0.4) is 0 Å². The standard InChI is InChI=1S/C29H34O9/c1-32-29-28(35-17-20-10-6-3-7-11-20)27(34-16-19-8-4-2-5-9-19)26-23(37-29)18-33-24(30)14-12-21-22(36-21)13-15-25(31)38-26/h2-11,21-23,26-29H,12-18H2,1H3/t21?,22?,23-,26-,27+,28-,29+/m1/s1. The Labute approximate surface area is 222 Å². The van der Waals surface area contributed by atoms with Gasteiger partial charge in [-0.15, -0.1) is 0 Å². The number of rotatable bonds is 7. The van der Waals surface area contributed by atoms with E-state index in [2.05, 4.69) is 0 Å². The van der Waals surface area contributed by atoms with Crippen LogP contribution in [-0.4, -0.2) is 68.6 Å². The van der Waals surface area contributed by atoms with Crippen molar-refractivity contribution >= 4 is 11.9 Å². The molecular formula is C29H34O9. The molecule has 0 aliphatic carbocycles. The van der Waals surface area contributed by atoms with Gasteiger partial charge in [-0.25, -0.2) is 0 Å². The third-order valence-electron chi connectivity index (χ3n) is 7.02. The molecule has 2 aromatic carbocycles. The summed E-state index contributed by atoms with van der Waals surface area (Å²) in [6, 6.07) is 19.4. The maximum absolute atomic E-state index is 13.0. The van der Waals surface area contributed by atoms with E-state index in [-0.39, 0.29) is 50.8 Å². The van der Waals surface area contributed by atoms with Crippen LogP contribution in [0.4, 0.5) is 0 Å². The van der Waals surface area contributed by atoms with Crippen molar-refractivity contribution in [3.8, 4) is 0 Å². The van der Waals surface area contributed by atoms with Crippen LogP contribution in [-0.2, 0) is 56.0 Å². The summed E-state index contributed by atoms with van der Waals surface area (Å²) in [4.78, 5) is 25.4. The first kappa shape index (κ1) is 26.8. The van der Waals surface area contributed by atoms with Crippen LogP contribution in [0, 0.1) is 0 Å². The largest absolute Gasteiger partial charge is 0.463 e. The third kappa shape index (κ3) is 6.98. The molecule has 0 spiro atoms. The molecule has 9 nitrogen and oxygen atoms in total. The summed E-state index contributed by atoms with van der Waals surface area (Å²) in [5.41, 5.74) is 1.91. The molecule has 204 valence electrons. The Bertz CT molecular complexity index is 1050. The summed E-state index contributed by atoms with van der Waals surface area (Å²) >= 11 is 0. The Kier molecular flexibility index (Phi) is 9.03. The zero-order valence-electron chi connectivity index (χ0n) is 21.4. The van der Waals surface area contributed by atoms with Gasteiger partial charge in [-0.3, -0.25) is 9.59 Å². The lowest BCUT2D eigenvalue weighted by Gasteiger charge is -2.45. The lowest BCUT2D eigenvalue weighted by Crippen LogP contribution is -2.62.